The van der Waals surface area contributed by atoms with E-state index in [1.165, 1.54) is 5.56 Å². The fourth-order valence-corrected chi connectivity index (χ4v) is 3.15. The average molecular weight is 441 g/mol. The fraction of sp³-hybridized carbons (Fsp3) is 0.278. The SMILES string of the molecule is CC(Oc1ccc(Br)cc1Br)C(=O)Nc1ccc(C(C)C)cc1. The van der Waals surface area contributed by atoms with Gasteiger partial charge in [0.1, 0.15) is 5.75 Å². The Balaban J connectivity index is 1.99. The van der Waals surface area contributed by atoms with E-state index < -0.39 is 6.10 Å². The number of benzene rings is 2. The number of carbonyl (C=O) groups is 1. The smallest absolute Gasteiger partial charge is 0.265 e. The largest absolute Gasteiger partial charge is 0.480 e. The van der Waals surface area contributed by atoms with Crippen LogP contribution in [0.3, 0.4) is 0 Å². The number of halogens is 2. The van der Waals surface area contributed by atoms with Crippen molar-refractivity contribution in [3.8, 4) is 5.75 Å². The molecule has 0 radical (unpaired) electrons. The van der Waals surface area contributed by atoms with E-state index in [0.717, 1.165) is 14.6 Å². The van der Waals surface area contributed by atoms with Crippen LogP contribution in [0.2, 0.25) is 0 Å². The molecule has 0 bridgehead atoms. The number of hydrogen-bond acceptors (Lipinski definition) is 2. The maximum Gasteiger partial charge on any atom is 0.265 e. The second kappa shape index (κ2) is 7.97. The van der Waals surface area contributed by atoms with E-state index in [-0.39, 0.29) is 5.91 Å². The van der Waals surface area contributed by atoms with Crippen LogP contribution in [0.1, 0.15) is 32.3 Å². The van der Waals surface area contributed by atoms with Gasteiger partial charge in [-0.15, -0.1) is 0 Å². The summed E-state index contributed by atoms with van der Waals surface area (Å²) < 4.78 is 7.46. The zero-order chi connectivity index (χ0) is 17.0. The molecule has 23 heavy (non-hydrogen) atoms. The summed E-state index contributed by atoms with van der Waals surface area (Å²) in [5, 5.41) is 2.87. The Morgan fingerprint density at radius 2 is 1.70 bits per heavy atom. The van der Waals surface area contributed by atoms with Gasteiger partial charge in [0.05, 0.1) is 4.47 Å². The zero-order valence-electron chi connectivity index (χ0n) is 13.3. The third-order valence-corrected chi connectivity index (χ3v) is 4.52. The number of carbonyl (C=O) groups excluding carboxylic acids is 1. The maximum absolute atomic E-state index is 12.3. The van der Waals surface area contributed by atoms with Crippen molar-refractivity contribution in [1.82, 2.24) is 0 Å². The van der Waals surface area contributed by atoms with Crippen molar-refractivity contribution >= 4 is 43.5 Å². The summed E-state index contributed by atoms with van der Waals surface area (Å²) in [6, 6.07) is 13.4. The number of amides is 1. The molecule has 0 saturated heterocycles. The van der Waals surface area contributed by atoms with Crippen molar-refractivity contribution in [3.05, 3.63) is 57.0 Å². The standard InChI is InChI=1S/C18H19Br2NO2/c1-11(2)13-4-7-15(8-5-13)21-18(22)12(3)23-17-9-6-14(19)10-16(17)20/h4-12H,1-3H3,(H,21,22). The summed E-state index contributed by atoms with van der Waals surface area (Å²) in [5.74, 6) is 0.917. The Bertz CT molecular complexity index is 684. The first kappa shape index (κ1) is 18.0. The van der Waals surface area contributed by atoms with Crippen LogP contribution in [0.4, 0.5) is 5.69 Å². The summed E-state index contributed by atoms with van der Waals surface area (Å²) >= 11 is 6.81. The molecule has 0 aliphatic rings. The lowest BCUT2D eigenvalue weighted by molar-refractivity contribution is -0.122. The molecule has 0 aliphatic heterocycles. The van der Waals surface area contributed by atoms with Crippen molar-refractivity contribution in [3.63, 3.8) is 0 Å². The molecular formula is C18H19Br2NO2. The zero-order valence-corrected chi connectivity index (χ0v) is 16.4. The molecule has 3 nitrogen and oxygen atoms in total. The Kier molecular flexibility index (Phi) is 6.25. The van der Waals surface area contributed by atoms with Crippen LogP contribution in [0, 0.1) is 0 Å². The molecule has 1 atom stereocenters. The van der Waals surface area contributed by atoms with Gasteiger partial charge in [-0.3, -0.25) is 4.79 Å². The first-order valence-electron chi connectivity index (χ1n) is 7.39. The normalized spacial score (nSPS) is 12.1. The van der Waals surface area contributed by atoms with E-state index in [4.69, 9.17) is 4.74 Å². The topological polar surface area (TPSA) is 38.3 Å². The lowest BCUT2D eigenvalue weighted by atomic mass is 10.0. The second-order valence-electron chi connectivity index (χ2n) is 5.60. The molecule has 1 amide bonds. The van der Waals surface area contributed by atoms with E-state index in [2.05, 4.69) is 51.0 Å². The Hall–Kier alpha value is -1.33. The van der Waals surface area contributed by atoms with E-state index >= 15 is 0 Å². The first-order chi connectivity index (χ1) is 10.9. The first-order valence-corrected chi connectivity index (χ1v) is 8.98. The van der Waals surface area contributed by atoms with Crippen LogP contribution >= 0.6 is 31.9 Å². The van der Waals surface area contributed by atoms with Crippen LogP contribution in [-0.4, -0.2) is 12.0 Å². The number of ether oxygens (including phenoxy) is 1. The Morgan fingerprint density at radius 3 is 2.26 bits per heavy atom. The van der Waals surface area contributed by atoms with Crippen molar-refractivity contribution in [2.75, 3.05) is 5.32 Å². The summed E-state index contributed by atoms with van der Waals surface area (Å²) in [5.41, 5.74) is 2.01. The van der Waals surface area contributed by atoms with Gasteiger partial charge in [0, 0.05) is 10.2 Å². The molecule has 0 spiro atoms. The number of nitrogens with one attached hydrogen (secondary N) is 1. The Labute approximate surface area is 153 Å². The molecule has 1 unspecified atom stereocenters. The lowest BCUT2D eigenvalue weighted by Gasteiger charge is -2.16. The minimum atomic E-state index is -0.600. The molecule has 2 rings (SSSR count). The molecule has 1 N–H and O–H groups in total. The Morgan fingerprint density at radius 1 is 1.04 bits per heavy atom. The molecule has 122 valence electrons. The van der Waals surface area contributed by atoms with Gasteiger partial charge in [-0.2, -0.15) is 0 Å². The summed E-state index contributed by atoms with van der Waals surface area (Å²) in [7, 11) is 0. The highest BCUT2D eigenvalue weighted by molar-refractivity contribution is 9.11. The summed E-state index contributed by atoms with van der Waals surface area (Å²) in [6.45, 7) is 6.01. The predicted molar refractivity (Wildman–Crippen MR) is 101 cm³/mol. The monoisotopic (exact) mass is 439 g/mol. The average Bonchev–Trinajstić information content (AvgIpc) is 2.50. The number of anilines is 1. The van der Waals surface area contributed by atoms with E-state index in [9.17, 15) is 4.79 Å². The van der Waals surface area contributed by atoms with Crippen molar-refractivity contribution < 1.29 is 9.53 Å². The van der Waals surface area contributed by atoms with Crippen molar-refractivity contribution in [1.29, 1.82) is 0 Å². The summed E-state index contributed by atoms with van der Waals surface area (Å²) in [4.78, 5) is 12.3. The highest BCUT2D eigenvalue weighted by atomic mass is 79.9. The van der Waals surface area contributed by atoms with Gasteiger partial charge >= 0.3 is 0 Å². The molecule has 2 aromatic rings. The third-order valence-electron chi connectivity index (χ3n) is 3.41. The van der Waals surface area contributed by atoms with Crippen LogP contribution < -0.4 is 10.1 Å². The highest BCUT2D eigenvalue weighted by Gasteiger charge is 2.16. The van der Waals surface area contributed by atoms with Crippen LogP contribution in [0.5, 0.6) is 5.75 Å². The van der Waals surface area contributed by atoms with Crippen LogP contribution in [0.25, 0.3) is 0 Å². The van der Waals surface area contributed by atoms with Gasteiger partial charge in [0.25, 0.3) is 5.91 Å². The fourth-order valence-electron chi connectivity index (χ4n) is 2.01. The number of hydrogen-bond donors (Lipinski definition) is 1. The summed E-state index contributed by atoms with van der Waals surface area (Å²) in [6.07, 6.45) is -0.600. The molecule has 5 heteroatoms. The van der Waals surface area contributed by atoms with Gasteiger partial charge in [0.15, 0.2) is 6.10 Å². The van der Waals surface area contributed by atoms with Gasteiger partial charge in [-0.25, -0.2) is 0 Å². The molecule has 0 aromatic heterocycles. The van der Waals surface area contributed by atoms with Gasteiger partial charge in [-0.05, 0) is 64.7 Å². The van der Waals surface area contributed by atoms with E-state index in [1.807, 2.05) is 42.5 Å². The molecule has 2 aromatic carbocycles. The predicted octanol–water partition coefficient (Wildman–Crippen LogP) is 5.74. The quantitative estimate of drug-likeness (QED) is 0.643. The molecule has 0 saturated carbocycles. The van der Waals surface area contributed by atoms with Gasteiger partial charge < -0.3 is 10.1 Å². The van der Waals surface area contributed by atoms with Crippen LogP contribution in [-0.2, 0) is 4.79 Å². The van der Waals surface area contributed by atoms with Crippen LogP contribution in [0.15, 0.2) is 51.4 Å². The highest BCUT2D eigenvalue weighted by Crippen LogP contribution is 2.29. The maximum atomic E-state index is 12.3. The van der Waals surface area contributed by atoms with Gasteiger partial charge in [-0.1, -0.05) is 41.9 Å². The molecule has 0 heterocycles. The number of rotatable bonds is 5. The van der Waals surface area contributed by atoms with Crippen molar-refractivity contribution in [2.24, 2.45) is 0 Å². The molecule has 0 fully saturated rings. The third kappa shape index (κ3) is 5.08. The lowest BCUT2D eigenvalue weighted by Crippen LogP contribution is -2.30. The molecule has 0 aliphatic carbocycles. The second-order valence-corrected chi connectivity index (χ2v) is 7.37. The van der Waals surface area contributed by atoms with Gasteiger partial charge in [0.2, 0.25) is 0 Å². The molecular weight excluding hydrogens is 422 g/mol. The van der Waals surface area contributed by atoms with E-state index in [0.29, 0.717) is 11.7 Å². The minimum absolute atomic E-state index is 0.183. The van der Waals surface area contributed by atoms with E-state index in [1.54, 1.807) is 6.92 Å². The minimum Gasteiger partial charge on any atom is -0.480 e. The van der Waals surface area contributed by atoms with Crippen molar-refractivity contribution in [2.45, 2.75) is 32.8 Å².